The highest BCUT2D eigenvalue weighted by molar-refractivity contribution is 5.89. The molecule has 0 nitrogen and oxygen atoms in total. The Labute approximate surface area is 178 Å². The van der Waals surface area contributed by atoms with Gasteiger partial charge in [0.1, 0.15) is 0 Å². The van der Waals surface area contributed by atoms with Crippen LogP contribution in [0.4, 0.5) is 0 Å². The normalized spacial score (nSPS) is 13.4. The summed E-state index contributed by atoms with van der Waals surface area (Å²) in [6.45, 7) is 18.6. The second-order valence-corrected chi connectivity index (χ2v) is 10.2. The lowest BCUT2D eigenvalue weighted by atomic mass is 9.73. The average Bonchev–Trinajstić information content (AvgIpc) is 2.66. The van der Waals surface area contributed by atoms with E-state index >= 15 is 0 Å². The van der Waals surface area contributed by atoms with E-state index in [9.17, 15) is 0 Å². The van der Waals surface area contributed by atoms with Gasteiger partial charge in [-0.2, -0.15) is 0 Å². The van der Waals surface area contributed by atoms with E-state index in [0.717, 1.165) is 6.42 Å². The molecule has 0 heterocycles. The molecule has 3 aromatic rings. The summed E-state index contributed by atoms with van der Waals surface area (Å²) in [6, 6.07) is 20.8. The van der Waals surface area contributed by atoms with E-state index < -0.39 is 0 Å². The minimum Gasteiger partial charge on any atom is -0.0616 e. The molecular formula is C29H38. The minimum absolute atomic E-state index is 0.136. The van der Waals surface area contributed by atoms with Crippen LogP contribution < -0.4 is 0 Å². The van der Waals surface area contributed by atoms with Gasteiger partial charge in [-0.05, 0) is 75.1 Å². The van der Waals surface area contributed by atoms with E-state index in [2.05, 4.69) is 110 Å². The van der Waals surface area contributed by atoms with Gasteiger partial charge in [0.25, 0.3) is 0 Å². The fourth-order valence-electron chi connectivity index (χ4n) is 5.07. The summed E-state index contributed by atoms with van der Waals surface area (Å²) in [5.74, 6) is 1.62. The Balaban J connectivity index is 1.96. The topological polar surface area (TPSA) is 0 Å². The lowest BCUT2D eigenvalue weighted by Crippen LogP contribution is -2.21. The molecule has 0 radical (unpaired) electrons. The van der Waals surface area contributed by atoms with Crippen molar-refractivity contribution < 1.29 is 0 Å². The molecule has 29 heavy (non-hydrogen) atoms. The lowest BCUT2D eigenvalue weighted by molar-refractivity contribution is 0.437. The van der Waals surface area contributed by atoms with Crippen LogP contribution in [-0.4, -0.2) is 0 Å². The lowest BCUT2D eigenvalue weighted by Gasteiger charge is -2.31. The first kappa shape index (κ1) is 21.6. The van der Waals surface area contributed by atoms with Crippen molar-refractivity contribution in [2.75, 3.05) is 0 Å². The summed E-state index contributed by atoms with van der Waals surface area (Å²) in [4.78, 5) is 0. The Kier molecular flexibility index (Phi) is 6.22. The molecule has 0 saturated heterocycles. The highest BCUT2D eigenvalue weighted by atomic mass is 14.3. The largest absolute Gasteiger partial charge is 0.0616 e. The van der Waals surface area contributed by atoms with Crippen LogP contribution >= 0.6 is 0 Å². The number of hydrogen-bond acceptors (Lipinski definition) is 0. The van der Waals surface area contributed by atoms with Gasteiger partial charge in [0, 0.05) is 0 Å². The maximum absolute atomic E-state index is 2.41. The van der Waals surface area contributed by atoms with E-state index in [1.165, 1.54) is 38.6 Å². The molecule has 0 fully saturated rings. The molecule has 0 bridgehead atoms. The monoisotopic (exact) mass is 386 g/mol. The SMILES string of the molecule is Cc1cc(C(C)C)ccc1C(C)(C)CC(C)c1ccc(C(C)C)c2ccccc12. The van der Waals surface area contributed by atoms with Gasteiger partial charge in [-0.1, -0.05) is 103 Å². The van der Waals surface area contributed by atoms with Crippen LogP contribution in [0.5, 0.6) is 0 Å². The van der Waals surface area contributed by atoms with Crippen LogP contribution in [0.25, 0.3) is 10.8 Å². The standard InChI is InChI=1S/C29H38/c1-19(2)23-13-16-28(21(5)17-23)29(7,8)18-22(6)25-15-14-24(20(3)4)26-11-9-10-12-27(25)26/h9-17,19-20,22H,18H2,1-8H3. The molecule has 0 aliphatic carbocycles. The molecule has 0 aromatic heterocycles. The van der Waals surface area contributed by atoms with Crippen molar-refractivity contribution in [3.63, 3.8) is 0 Å². The van der Waals surface area contributed by atoms with E-state index in [0.29, 0.717) is 17.8 Å². The first-order valence-electron chi connectivity index (χ1n) is 11.2. The summed E-state index contributed by atoms with van der Waals surface area (Å²) in [7, 11) is 0. The predicted octanol–water partition coefficient (Wildman–Crippen LogP) is 8.87. The molecule has 0 amide bonds. The molecule has 1 unspecified atom stereocenters. The van der Waals surface area contributed by atoms with Gasteiger partial charge < -0.3 is 0 Å². The second-order valence-electron chi connectivity index (χ2n) is 10.2. The first-order valence-corrected chi connectivity index (χ1v) is 11.2. The number of rotatable bonds is 6. The summed E-state index contributed by atoms with van der Waals surface area (Å²) >= 11 is 0. The average molecular weight is 387 g/mol. The number of fused-ring (bicyclic) bond motifs is 1. The third-order valence-corrected chi connectivity index (χ3v) is 6.61. The van der Waals surface area contributed by atoms with Crippen LogP contribution in [0.15, 0.2) is 54.6 Å². The third-order valence-electron chi connectivity index (χ3n) is 6.61. The van der Waals surface area contributed by atoms with Crippen molar-refractivity contribution in [2.24, 2.45) is 0 Å². The Morgan fingerprint density at radius 1 is 0.724 bits per heavy atom. The van der Waals surface area contributed by atoms with Gasteiger partial charge in [-0.25, -0.2) is 0 Å². The molecule has 0 aliphatic heterocycles. The molecule has 0 aliphatic rings. The molecule has 154 valence electrons. The quantitative estimate of drug-likeness (QED) is 0.397. The van der Waals surface area contributed by atoms with Gasteiger partial charge in [-0.15, -0.1) is 0 Å². The predicted molar refractivity (Wildman–Crippen MR) is 129 cm³/mol. The Bertz CT molecular complexity index is 988. The zero-order chi connectivity index (χ0) is 21.3. The number of aryl methyl sites for hydroxylation is 1. The van der Waals surface area contributed by atoms with Crippen molar-refractivity contribution >= 4 is 10.8 Å². The molecule has 0 spiro atoms. The second kappa shape index (κ2) is 8.34. The maximum atomic E-state index is 2.41. The summed E-state index contributed by atoms with van der Waals surface area (Å²) in [6.07, 6.45) is 1.14. The van der Waals surface area contributed by atoms with E-state index in [-0.39, 0.29) is 5.41 Å². The molecule has 3 aromatic carbocycles. The van der Waals surface area contributed by atoms with Crippen molar-refractivity contribution in [3.8, 4) is 0 Å². The molecule has 1 atom stereocenters. The smallest absolute Gasteiger partial charge is 0.00952 e. The molecule has 0 saturated carbocycles. The van der Waals surface area contributed by atoms with E-state index in [1.807, 2.05) is 0 Å². The number of hydrogen-bond donors (Lipinski definition) is 0. The fraction of sp³-hybridized carbons (Fsp3) is 0.448. The van der Waals surface area contributed by atoms with E-state index in [1.54, 1.807) is 0 Å². The maximum Gasteiger partial charge on any atom is -0.00952 e. The Morgan fingerprint density at radius 2 is 1.31 bits per heavy atom. The molecule has 3 rings (SSSR count). The molecule has 0 N–H and O–H groups in total. The van der Waals surface area contributed by atoms with Crippen molar-refractivity contribution in [3.05, 3.63) is 82.4 Å². The summed E-state index contributed by atoms with van der Waals surface area (Å²) in [5.41, 5.74) is 7.41. The van der Waals surface area contributed by atoms with Gasteiger partial charge >= 0.3 is 0 Å². The van der Waals surface area contributed by atoms with Crippen LogP contribution in [-0.2, 0) is 5.41 Å². The zero-order valence-corrected chi connectivity index (χ0v) is 19.6. The van der Waals surface area contributed by atoms with Crippen LogP contribution in [0.2, 0.25) is 0 Å². The summed E-state index contributed by atoms with van der Waals surface area (Å²) < 4.78 is 0. The third kappa shape index (κ3) is 4.42. The van der Waals surface area contributed by atoms with Crippen LogP contribution in [0.1, 0.15) is 100 Å². The van der Waals surface area contributed by atoms with Crippen LogP contribution in [0.3, 0.4) is 0 Å². The van der Waals surface area contributed by atoms with E-state index in [4.69, 9.17) is 0 Å². The minimum atomic E-state index is 0.136. The molecule has 0 heteroatoms. The van der Waals surface area contributed by atoms with Gasteiger partial charge in [0.05, 0.1) is 0 Å². The summed E-state index contributed by atoms with van der Waals surface area (Å²) in [5, 5.41) is 2.84. The van der Waals surface area contributed by atoms with Crippen molar-refractivity contribution in [1.82, 2.24) is 0 Å². The van der Waals surface area contributed by atoms with Gasteiger partial charge in [0.15, 0.2) is 0 Å². The molecular weight excluding hydrogens is 348 g/mol. The van der Waals surface area contributed by atoms with Gasteiger partial charge in [0.2, 0.25) is 0 Å². The highest BCUT2D eigenvalue weighted by Gasteiger charge is 2.27. The number of benzene rings is 3. The van der Waals surface area contributed by atoms with Crippen molar-refractivity contribution in [2.45, 2.75) is 85.0 Å². The Hall–Kier alpha value is -2.08. The van der Waals surface area contributed by atoms with Gasteiger partial charge in [-0.3, -0.25) is 0 Å². The highest BCUT2D eigenvalue weighted by Crippen LogP contribution is 2.40. The Morgan fingerprint density at radius 3 is 1.86 bits per heavy atom. The van der Waals surface area contributed by atoms with Crippen molar-refractivity contribution in [1.29, 1.82) is 0 Å². The zero-order valence-electron chi connectivity index (χ0n) is 19.6. The first-order chi connectivity index (χ1) is 13.6. The fourth-order valence-corrected chi connectivity index (χ4v) is 5.07. The van der Waals surface area contributed by atoms with Crippen LogP contribution in [0, 0.1) is 6.92 Å².